The van der Waals surface area contributed by atoms with E-state index in [1.165, 1.54) is 20.7 Å². The van der Waals surface area contributed by atoms with E-state index in [1.807, 2.05) is 0 Å². The summed E-state index contributed by atoms with van der Waals surface area (Å²) in [7, 11) is -3.47. The zero-order valence-electron chi connectivity index (χ0n) is 15.0. The summed E-state index contributed by atoms with van der Waals surface area (Å²) in [5, 5.41) is 0. The molecule has 3 rings (SSSR count). The van der Waals surface area contributed by atoms with Crippen LogP contribution in [-0.2, 0) is 31.0 Å². The Morgan fingerprint density at radius 1 is 1.11 bits per heavy atom. The molecule has 27 heavy (non-hydrogen) atoms. The first-order chi connectivity index (χ1) is 12.9. The Morgan fingerprint density at radius 3 is 2.33 bits per heavy atom. The first-order valence-electron chi connectivity index (χ1n) is 8.97. The van der Waals surface area contributed by atoms with E-state index < -0.39 is 10.2 Å². The normalized spacial score (nSPS) is 20.5. The van der Waals surface area contributed by atoms with Gasteiger partial charge in [-0.25, -0.2) is 9.87 Å². The molecule has 1 aromatic rings. The van der Waals surface area contributed by atoms with Crippen LogP contribution in [0.2, 0.25) is 0 Å². The highest BCUT2D eigenvalue weighted by Crippen LogP contribution is 2.19. The molecule has 2 fully saturated rings. The predicted octanol–water partition coefficient (Wildman–Crippen LogP) is 0.457. The number of benzene rings is 1. The lowest BCUT2D eigenvalue weighted by Crippen LogP contribution is -2.51. The minimum atomic E-state index is -3.47. The molecule has 0 radical (unpaired) electrons. The van der Waals surface area contributed by atoms with Gasteiger partial charge in [0.1, 0.15) is 5.82 Å². The third kappa shape index (κ3) is 5.45. The minimum Gasteiger partial charge on any atom is -0.379 e. The van der Waals surface area contributed by atoms with Gasteiger partial charge < -0.3 is 4.74 Å². The van der Waals surface area contributed by atoms with Crippen molar-refractivity contribution in [3.63, 3.8) is 0 Å². The SMILES string of the molecule is O=C(Cc1ccc(F)cc1)NOC1CCN(S(=O)(=O)N2CCOCC2)CC1. The van der Waals surface area contributed by atoms with E-state index in [-0.39, 0.29) is 24.2 Å². The van der Waals surface area contributed by atoms with Gasteiger partial charge in [0.25, 0.3) is 10.2 Å². The van der Waals surface area contributed by atoms with Gasteiger partial charge in [-0.3, -0.25) is 9.63 Å². The third-order valence-corrected chi connectivity index (χ3v) is 6.68. The molecule has 0 spiro atoms. The number of morpholine rings is 1. The largest absolute Gasteiger partial charge is 0.379 e. The molecular weight excluding hydrogens is 377 g/mol. The van der Waals surface area contributed by atoms with Crippen molar-refractivity contribution in [3.05, 3.63) is 35.6 Å². The van der Waals surface area contributed by atoms with Crippen LogP contribution in [0.1, 0.15) is 18.4 Å². The number of rotatable bonds is 6. The number of carbonyl (C=O) groups is 1. The van der Waals surface area contributed by atoms with Crippen LogP contribution in [0.5, 0.6) is 0 Å². The average Bonchev–Trinajstić information content (AvgIpc) is 2.69. The Balaban J connectivity index is 1.41. The fourth-order valence-corrected chi connectivity index (χ4v) is 4.70. The zero-order valence-corrected chi connectivity index (χ0v) is 15.8. The van der Waals surface area contributed by atoms with Gasteiger partial charge in [-0.15, -0.1) is 0 Å². The number of amides is 1. The molecule has 1 amide bonds. The van der Waals surface area contributed by atoms with Crippen molar-refractivity contribution < 1.29 is 27.2 Å². The molecule has 0 bridgehead atoms. The molecule has 0 saturated carbocycles. The second-order valence-electron chi connectivity index (χ2n) is 6.56. The zero-order chi connectivity index (χ0) is 19.3. The molecule has 0 aromatic heterocycles. The van der Waals surface area contributed by atoms with Crippen LogP contribution in [0, 0.1) is 5.82 Å². The third-order valence-electron chi connectivity index (χ3n) is 4.64. The van der Waals surface area contributed by atoms with Crippen LogP contribution in [0.3, 0.4) is 0 Å². The van der Waals surface area contributed by atoms with Gasteiger partial charge in [0.15, 0.2) is 0 Å². The summed E-state index contributed by atoms with van der Waals surface area (Å²) in [4.78, 5) is 17.3. The van der Waals surface area contributed by atoms with Crippen molar-refractivity contribution in [3.8, 4) is 0 Å². The van der Waals surface area contributed by atoms with Crippen LogP contribution in [0.4, 0.5) is 4.39 Å². The van der Waals surface area contributed by atoms with Gasteiger partial charge >= 0.3 is 0 Å². The molecule has 2 aliphatic heterocycles. The van der Waals surface area contributed by atoms with Gasteiger partial charge in [0.05, 0.1) is 25.7 Å². The number of nitrogens with one attached hydrogen (secondary N) is 1. The van der Waals surface area contributed by atoms with Gasteiger partial charge in [0, 0.05) is 26.2 Å². The summed E-state index contributed by atoms with van der Waals surface area (Å²) in [6, 6.07) is 5.69. The van der Waals surface area contributed by atoms with Crippen molar-refractivity contribution >= 4 is 16.1 Å². The van der Waals surface area contributed by atoms with E-state index in [4.69, 9.17) is 9.57 Å². The molecule has 10 heteroatoms. The van der Waals surface area contributed by atoms with Crippen molar-refractivity contribution in [2.45, 2.75) is 25.4 Å². The maximum atomic E-state index is 12.9. The Morgan fingerprint density at radius 2 is 1.70 bits per heavy atom. The van der Waals surface area contributed by atoms with Crippen molar-refractivity contribution in [2.24, 2.45) is 0 Å². The van der Waals surface area contributed by atoms with Crippen molar-refractivity contribution in [2.75, 3.05) is 39.4 Å². The van der Waals surface area contributed by atoms with Crippen LogP contribution in [0.25, 0.3) is 0 Å². The van der Waals surface area contributed by atoms with Gasteiger partial charge in [-0.1, -0.05) is 12.1 Å². The second-order valence-corrected chi connectivity index (χ2v) is 8.49. The number of hydrogen-bond donors (Lipinski definition) is 1. The Kier molecular flexibility index (Phi) is 6.77. The molecule has 0 atom stereocenters. The van der Waals surface area contributed by atoms with Crippen LogP contribution in [0.15, 0.2) is 24.3 Å². The van der Waals surface area contributed by atoms with Gasteiger partial charge in [-0.2, -0.15) is 17.0 Å². The molecule has 0 unspecified atom stereocenters. The van der Waals surface area contributed by atoms with Crippen LogP contribution in [-0.4, -0.2) is 68.4 Å². The molecule has 2 heterocycles. The number of hydrogen-bond acceptors (Lipinski definition) is 5. The molecule has 8 nitrogen and oxygen atoms in total. The first-order valence-corrected chi connectivity index (χ1v) is 10.4. The Bertz CT molecular complexity index is 729. The minimum absolute atomic E-state index is 0.0878. The fourth-order valence-electron chi connectivity index (χ4n) is 3.09. The highest BCUT2D eigenvalue weighted by Gasteiger charge is 2.34. The van der Waals surface area contributed by atoms with E-state index in [0.29, 0.717) is 57.8 Å². The van der Waals surface area contributed by atoms with Gasteiger partial charge in [-0.05, 0) is 30.5 Å². The highest BCUT2D eigenvalue weighted by atomic mass is 32.2. The lowest BCUT2D eigenvalue weighted by atomic mass is 10.1. The summed E-state index contributed by atoms with van der Waals surface area (Å²) >= 11 is 0. The molecular formula is C17H24FN3O5S. The summed E-state index contributed by atoms with van der Waals surface area (Å²) in [5.74, 6) is -0.681. The topological polar surface area (TPSA) is 88.2 Å². The summed E-state index contributed by atoms with van der Waals surface area (Å²) in [6.07, 6.45) is 0.851. The Labute approximate surface area is 158 Å². The van der Waals surface area contributed by atoms with Crippen LogP contribution < -0.4 is 5.48 Å². The fraction of sp³-hybridized carbons (Fsp3) is 0.588. The number of piperidine rings is 1. The number of ether oxygens (including phenoxy) is 1. The highest BCUT2D eigenvalue weighted by molar-refractivity contribution is 7.86. The molecule has 150 valence electrons. The quantitative estimate of drug-likeness (QED) is 0.700. The molecule has 2 saturated heterocycles. The molecule has 2 aliphatic rings. The number of nitrogens with zero attached hydrogens (tertiary/aromatic N) is 2. The van der Waals surface area contributed by atoms with E-state index in [1.54, 1.807) is 12.1 Å². The Hall–Kier alpha value is -1.59. The number of carbonyl (C=O) groups excluding carboxylic acids is 1. The standard InChI is InChI=1S/C17H24FN3O5S/c18-15-3-1-14(2-4-15)13-17(22)19-26-16-5-7-20(8-6-16)27(23,24)21-9-11-25-12-10-21/h1-4,16H,5-13H2,(H,19,22). The summed E-state index contributed by atoms with van der Waals surface area (Å²) < 4.78 is 46.2. The maximum Gasteiger partial charge on any atom is 0.282 e. The second kappa shape index (κ2) is 9.07. The predicted molar refractivity (Wildman–Crippen MR) is 95.2 cm³/mol. The number of hydroxylamine groups is 1. The van der Waals surface area contributed by atoms with E-state index >= 15 is 0 Å². The number of halogens is 1. The first kappa shape index (κ1) is 20.2. The van der Waals surface area contributed by atoms with E-state index in [0.717, 1.165) is 0 Å². The van der Waals surface area contributed by atoms with Gasteiger partial charge in [0.2, 0.25) is 5.91 Å². The molecule has 0 aliphatic carbocycles. The average molecular weight is 401 g/mol. The molecule has 1 aromatic carbocycles. The smallest absolute Gasteiger partial charge is 0.282 e. The lowest BCUT2D eigenvalue weighted by Gasteiger charge is -2.35. The summed E-state index contributed by atoms with van der Waals surface area (Å²) in [5.41, 5.74) is 3.09. The van der Waals surface area contributed by atoms with Crippen molar-refractivity contribution in [1.29, 1.82) is 0 Å². The van der Waals surface area contributed by atoms with E-state index in [2.05, 4.69) is 5.48 Å². The molecule has 1 N–H and O–H groups in total. The van der Waals surface area contributed by atoms with Crippen molar-refractivity contribution in [1.82, 2.24) is 14.1 Å². The maximum absolute atomic E-state index is 12.9. The monoisotopic (exact) mass is 401 g/mol. The summed E-state index contributed by atoms with van der Waals surface area (Å²) in [6.45, 7) is 2.27. The van der Waals surface area contributed by atoms with Crippen LogP contribution >= 0.6 is 0 Å². The lowest BCUT2D eigenvalue weighted by molar-refractivity contribution is -0.139. The van der Waals surface area contributed by atoms with E-state index in [9.17, 15) is 17.6 Å².